The highest BCUT2D eigenvalue weighted by Crippen LogP contribution is 2.15. The monoisotopic (exact) mass is 356 g/mol. The van der Waals surface area contributed by atoms with Crippen LogP contribution < -0.4 is 4.72 Å². The first-order valence-corrected chi connectivity index (χ1v) is 10.2. The Bertz CT molecular complexity index is 781. The van der Waals surface area contributed by atoms with E-state index >= 15 is 0 Å². The van der Waals surface area contributed by atoms with Gasteiger partial charge in [-0.3, -0.25) is 4.90 Å². The highest BCUT2D eigenvalue weighted by atomic mass is 32.2. The van der Waals surface area contributed by atoms with Gasteiger partial charge in [-0.2, -0.15) is 0 Å². The summed E-state index contributed by atoms with van der Waals surface area (Å²) in [7, 11) is -3.40. The lowest BCUT2D eigenvalue weighted by atomic mass is 10.1. The molecule has 1 N–H and O–H groups in total. The number of rotatable bonds is 6. The van der Waals surface area contributed by atoms with Crippen molar-refractivity contribution in [1.29, 1.82) is 0 Å². The topological polar surface area (TPSA) is 49.4 Å². The fourth-order valence-corrected chi connectivity index (χ4v) is 4.17. The van der Waals surface area contributed by atoms with Gasteiger partial charge in [0, 0.05) is 31.1 Å². The SMILES string of the molecule is O=S(=O)(/C=C/c1ccccc1)NC1CCN(Cc2ccccc2)CC1. The summed E-state index contributed by atoms with van der Waals surface area (Å²) in [6, 6.07) is 19.8. The summed E-state index contributed by atoms with van der Waals surface area (Å²) < 4.78 is 27.3. The molecule has 1 aliphatic heterocycles. The second kappa shape index (κ2) is 8.43. The van der Waals surface area contributed by atoms with Gasteiger partial charge in [0.1, 0.15) is 0 Å². The van der Waals surface area contributed by atoms with Gasteiger partial charge in [-0.05, 0) is 30.0 Å². The van der Waals surface area contributed by atoms with Gasteiger partial charge < -0.3 is 0 Å². The van der Waals surface area contributed by atoms with Gasteiger partial charge in [-0.25, -0.2) is 13.1 Å². The van der Waals surface area contributed by atoms with E-state index in [0.717, 1.165) is 38.0 Å². The Balaban J connectivity index is 1.49. The highest BCUT2D eigenvalue weighted by Gasteiger charge is 2.22. The fourth-order valence-electron chi connectivity index (χ4n) is 3.05. The van der Waals surface area contributed by atoms with Gasteiger partial charge in [0.25, 0.3) is 0 Å². The number of piperidine rings is 1. The molecule has 0 unspecified atom stereocenters. The molecule has 0 aromatic heterocycles. The second-order valence-electron chi connectivity index (χ2n) is 6.41. The molecular weight excluding hydrogens is 332 g/mol. The summed E-state index contributed by atoms with van der Waals surface area (Å²) in [6.45, 7) is 2.74. The zero-order valence-electron chi connectivity index (χ0n) is 14.2. The van der Waals surface area contributed by atoms with E-state index in [-0.39, 0.29) is 6.04 Å². The van der Waals surface area contributed by atoms with Crippen molar-refractivity contribution < 1.29 is 8.42 Å². The molecule has 2 aromatic carbocycles. The summed E-state index contributed by atoms with van der Waals surface area (Å²) in [5.41, 5.74) is 2.18. The molecule has 4 nitrogen and oxygen atoms in total. The quantitative estimate of drug-likeness (QED) is 0.864. The van der Waals surface area contributed by atoms with Crippen LogP contribution in [-0.2, 0) is 16.6 Å². The third-order valence-corrected chi connectivity index (χ3v) is 5.56. The molecule has 132 valence electrons. The predicted molar refractivity (Wildman–Crippen MR) is 102 cm³/mol. The molecule has 25 heavy (non-hydrogen) atoms. The summed E-state index contributed by atoms with van der Waals surface area (Å²) >= 11 is 0. The van der Waals surface area contributed by atoms with E-state index in [2.05, 4.69) is 33.9 Å². The van der Waals surface area contributed by atoms with Crippen LogP contribution in [0.2, 0.25) is 0 Å². The molecule has 3 rings (SSSR count). The molecule has 0 bridgehead atoms. The summed E-state index contributed by atoms with van der Waals surface area (Å²) in [5.74, 6) is 0. The highest BCUT2D eigenvalue weighted by molar-refractivity contribution is 7.92. The van der Waals surface area contributed by atoms with Crippen LogP contribution in [0.15, 0.2) is 66.1 Å². The minimum Gasteiger partial charge on any atom is -0.299 e. The standard InChI is InChI=1S/C20H24N2O2S/c23-25(24,16-13-18-7-3-1-4-8-18)21-20-11-14-22(15-12-20)17-19-9-5-2-6-10-19/h1-10,13,16,20-21H,11-12,14-15,17H2/b16-13+. The number of hydrogen-bond acceptors (Lipinski definition) is 3. The molecular formula is C20H24N2O2S. The van der Waals surface area contributed by atoms with Crippen molar-refractivity contribution in [3.8, 4) is 0 Å². The summed E-state index contributed by atoms with van der Waals surface area (Å²) in [6.07, 6.45) is 3.31. The minimum absolute atomic E-state index is 0.0115. The zero-order chi connectivity index (χ0) is 17.5. The lowest BCUT2D eigenvalue weighted by molar-refractivity contribution is 0.200. The maximum absolute atomic E-state index is 12.2. The van der Waals surface area contributed by atoms with Gasteiger partial charge in [0.15, 0.2) is 0 Å². The summed E-state index contributed by atoms with van der Waals surface area (Å²) in [4.78, 5) is 2.37. The Morgan fingerprint density at radius 2 is 1.56 bits per heavy atom. The third kappa shape index (κ3) is 5.81. The molecule has 0 aliphatic carbocycles. The molecule has 5 heteroatoms. The molecule has 1 aliphatic rings. The molecule has 2 aromatic rings. The first-order valence-electron chi connectivity index (χ1n) is 8.62. The largest absolute Gasteiger partial charge is 0.299 e. The number of likely N-dealkylation sites (tertiary alicyclic amines) is 1. The van der Waals surface area contributed by atoms with Crippen molar-refractivity contribution in [2.75, 3.05) is 13.1 Å². The second-order valence-corrected chi connectivity index (χ2v) is 8.01. The van der Waals surface area contributed by atoms with E-state index in [4.69, 9.17) is 0 Å². The third-order valence-electron chi connectivity index (χ3n) is 4.41. The average molecular weight is 356 g/mol. The van der Waals surface area contributed by atoms with E-state index in [1.54, 1.807) is 6.08 Å². The van der Waals surface area contributed by atoms with Crippen molar-refractivity contribution in [2.45, 2.75) is 25.4 Å². The van der Waals surface area contributed by atoms with Gasteiger partial charge in [0.05, 0.1) is 0 Å². The number of nitrogens with one attached hydrogen (secondary N) is 1. The average Bonchev–Trinajstić information content (AvgIpc) is 2.63. The molecule has 0 atom stereocenters. The normalized spacial score (nSPS) is 17.1. The van der Waals surface area contributed by atoms with E-state index in [1.165, 1.54) is 11.0 Å². The maximum Gasteiger partial charge on any atom is 0.233 e. The van der Waals surface area contributed by atoms with Crippen LogP contribution in [0.25, 0.3) is 6.08 Å². The van der Waals surface area contributed by atoms with Crippen LogP contribution in [0.1, 0.15) is 24.0 Å². The Morgan fingerprint density at radius 1 is 0.960 bits per heavy atom. The lowest BCUT2D eigenvalue weighted by Crippen LogP contribution is -2.43. The Morgan fingerprint density at radius 3 is 2.20 bits per heavy atom. The molecule has 0 amide bonds. The van der Waals surface area contributed by atoms with Gasteiger partial charge in [-0.15, -0.1) is 0 Å². The fraction of sp³-hybridized carbons (Fsp3) is 0.300. The number of benzene rings is 2. The molecule has 1 fully saturated rings. The zero-order valence-corrected chi connectivity index (χ0v) is 15.0. The van der Waals surface area contributed by atoms with Crippen molar-refractivity contribution in [3.05, 3.63) is 77.2 Å². The van der Waals surface area contributed by atoms with Crippen LogP contribution in [0.5, 0.6) is 0 Å². The first kappa shape index (κ1) is 17.9. The van der Waals surface area contributed by atoms with Crippen LogP contribution >= 0.6 is 0 Å². The minimum atomic E-state index is -3.40. The van der Waals surface area contributed by atoms with Crippen molar-refractivity contribution in [3.63, 3.8) is 0 Å². The van der Waals surface area contributed by atoms with E-state index in [0.29, 0.717) is 0 Å². The van der Waals surface area contributed by atoms with Gasteiger partial charge in [0.2, 0.25) is 10.0 Å². The Hall–Kier alpha value is -1.95. The predicted octanol–water partition coefficient (Wildman–Crippen LogP) is 3.24. The Kier molecular flexibility index (Phi) is 6.02. The van der Waals surface area contributed by atoms with Crippen molar-refractivity contribution >= 4 is 16.1 Å². The molecule has 1 heterocycles. The first-order chi connectivity index (χ1) is 12.1. The van der Waals surface area contributed by atoms with Crippen LogP contribution in [-0.4, -0.2) is 32.4 Å². The lowest BCUT2D eigenvalue weighted by Gasteiger charge is -2.31. The molecule has 0 radical (unpaired) electrons. The van der Waals surface area contributed by atoms with Gasteiger partial charge >= 0.3 is 0 Å². The number of hydrogen-bond donors (Lipinski definition) is 1. The van der Waals surface area contributed by atoms with Gasteiger partial charge in [-0.1, -0.05) is 60.7 Å². The molecule has 0 saturated carbocycles. The van der Waals surface area contributed by atoms with Crippen molar-refractivity contribution in [2.24, 2.45) is 0 Å². The van der Waals surface area contributed by atoms with E-state index in [1.807, 2.05) is 36.4 Å². The maximum atomic E-state index is 12.2. The number of nitrogens with zero attached hydrogens (tertiary/aromatic N) is 1. The van der Waals surface area contributed by atoms with Crippen LogP contribution in [0.4, 0.5) is 0 Å². The van der Waals surface area contributed by atoms with Crippen LogP contribution in [0, 0.1) is 0 Å². The van der Waals surface area contributed by atoms with Crippen molar-refractivity contribution in [1.82, 2.24) is 9.62 Å². The number of sulfonamides is 1. The molecule has 1 saturated heterocycles. The summed E-state index contributed by atoms with van der Waals surface area (Å²) in [5, 5.41) is 1.26. The Labute approximate surface area is 150 Å². The van der Waals surface area contributed by atoms with Crippen LogP contribution in [0.3, 0.4) is 0 Å². The molecule has 0 spiro atoms. The van der Waals surface area contributed by atoms with E-state index in [9.17, 15) is 8.42 Å². The smallest absolute Gasteiger partial charge is 0.233 e. The van der Waals surface area contributed by atoms with E-state index < -0.39 is 10.0 Å².